The van der Waals surface area contributed by atoms with Gasteiger partial charge in [-0.3, -0.25) is 4.98 Å². The lowest BCUT2D eigenvalue weighted by atomic mass is 10.2. The van der Waals surface area contributed by atoms with Crippen molar-refractivity contribution in [2.24, 2.45) is 5.73 Å². The minimum atomic E-state index is 0.535. The maximum absolute atomic E-state index is 5.83. The number of hydrogen-bond donors (Lipinski definition) is 1. The van der Waals surface area contributed by atoms with E-state index < -0.39 is 0 Å². The molecule has 1 aromatic carbocycles. The zero-order valence-corrected chi connectivity index (χ0v) is 11.8. The molecule has 0 aliphatic rings. The fourth-order valence-corrected chi connectivity index (χ4v) is 3.00. The molecule has 94 valence electrons. The first-order valence-corrected chi connectivity index (χ1v) is 6.83. The van der Waals surface area contributed by atoms with Crippen molar-refractivity contribution in [3.05, 3.63) is 52.8 Å². The van der Waals surface area contributed by atoms with Gasteiger partial charge in [-0.15, -0.1) is 0 Å². The molecule has 0 bridgehead atoms. The molecule has 0 unspecified atom stereocenters. The topological polar surface area (TPSA) is 38.9 Å². The minimum absolute atomic E-state index is 0.535. The first kappa shape index (κ1) is 13.1. The Balaban J connectivity index is 2.36. The van der Waals surface area contributed by atoms with E-state index in [1.165, 1.54) is 15.4 Å². The second-order valence-electron chi connectivity index (χ2n) is 4.44. The molecule has 0 spiro atoms. The molecule has 3 heteroatoms. The first-order chi connectivity index (χ1) is 8.60. The van der Waals surface area contributed by atoms with E-state index in [9.17, 15) is 0 Å². The van der Waals surface area contributed by atoms with Crippen molar-refractivity contribution < 1.29 is 0 Å². The smallest absolute Gasteiger partial charge is 0.0432 e. The number of aryl methyl sites for hydroxylation is 3. The molecule has 2 rings (SSSR count). The van der Waals surface area contributed by atoms with Gasteiger partial charge in [-0.05, 0) is 39.0 Å². The number of pyridine rings is 1. The van der Waals surface area contributed by atoms with Gasteiger partial charge in [-0.25, -0.2) is 0 Å². The van der Waals surface area contributed by atoms with Gasteiger partial charge < -0.3 is 5.73 Å². The van der Waals surface area contributed by atoms with Gasteiger partial charge in [0.15, 0.2) is 0 Å². The normalized spacial score (nSPS) is 10.7. The highest BCUT2D eigenvalue weighted by Gasteiger charge is 2.08. The molecule has 0 aliphatic carbocycles. The molecule has 1 aromatic heterocycles. The van der Waals surface area contributed by atoms with Crippen molar-refractivity contribution in [3.8, 4) is 0 Å². The van der Waals surface area contributed by atoms with Crippen LogP contribution in [0.25, 0.3) is 0 Å². The Morgan fingerprint density at radius 3 is 2.39 bits per heavy atom. The number of rotatable bonds is 3. The average molecular weight is 258 g/mol. The number of nitrogens with two attached hydrogens (primary N) is 1. The van der Waals surface area contributed by atoms with Crippen LogP contribution in [-0.4, -0.2) is 4.98 Å². The molecule has 0 fully saturated rings. The molecule has 0 aliphatic heterocycles. The summed E-state index contributed by atoms with van der Waals surface area (Å²) in [5, 5.41) is 0. The number of nitrogens with zero attached hydrogens (tertiary/aromatic N) is 1. The second-order valence-corrected chi connectivity index (χ2v) is 5.56. The highest BCUT2D eigenvalue weighted by molar-refractivity contribution is 7.99. The van der Waals surface area contributed by atoms with E-state index in [1.807, 2.05) is 13.8 Å². The van der Waals surface area contributed by atoms with Gasteiger partial charge in [0, 0.05) is 33.3 Å². The van der Waals surface area contributed by atoms with Crippen LogP contribution in [0.4, 0.5) is 0 Å². The summed E-state index contributed by atoms with van der Waals surface area (Å²) in [7, 11) is 0. The van der Waals surface area contributed by atoms with E-state index >= 15 is 0 Å². The van der Waals surface area contributed by atoms with Crippen LogP contribution in [0.3, 0.4) is 0 Å². The maximum atomic E-state index is 5.83. The van der Waals surface area contributed by atoms with Gasteiger partial charge in [-0.1, -0.05) is 29.5 Å². The lowest BCUT2D eigenvalue weighted by Gasteiger charge is -2.11. The van der Waals surface area contributed by atoms with Crippen LogP contribution in [-0.2, 0) is 6.54 Å². The van der Waals surface area contributed by atoms with Crippen LogP contribution < -0.4 is 5.73 Å². The van der Waals surface area contributed by atoms with Gasteiger partial charge in [0.05, 0.1) is 0 Å². The lowest BCUT2D eigenvalue weighted by molar-refractivity contribution is 0.945. The van der Waals surface area contributed by atoms with Crippen LogP contribution in [0.15, 0.2) is 40.1 Å². The zero-order chi connectivity index (χ0) is 13.1. The summed E-state index contributed by atoms with van der Waals surface area (Å²) < 4.78 is 0. The van der Waals surface area contributed by atoms with E-state index in [-0.39, 0.29) is 0 Å². The van der Waals surface area contributed by atoms with E-state index in [0.717, 1.165) is 17.0 Å². The maximum Gasteiger partial charge on any atom is 0.0432 e. The summed E-state index contributed by atoms with van der Waals surface area (Å²) in [5.74, 6) is 0. The Morgan fingerprint density at radius 2 is 1.78 bits per heavy atom. The van der Waals surface area contributed by atoms with E-state index in [4.69, 9.17) is 5.73 Å². The van der Waals surface area contributed by atoms with Gasteiger partial charge in [-0.2, -0.15) is 0 Å². The third kappa shape index (κ3) is 2.92. The van der Waals surface area contributed by atoms with Crippen molar-refractivity contribution in [2.45, 2.75) is 37.1 Å². The molecule has 18 heavy (non-hydrogen) atoms. The summed E-state index contributed by atoms with van der Waals surface area (Å²) in [6.07, 6.45) is 0. The fourth-order valence-electron chi connectivity index (χ4n) is 1.89. The van der Waals surface area contributed by atoms with E-state index in [1.54, 1.807) is 11.8 Å². The Morgan fingerprint density at radius 1 is 1.11 bits per heavy atom. The molecular weight excluding hydrogens is 240 g/mol. The number of benzene rings is 1. The third-order valence-corrected chi connectivity index (χ3v) is 3.96. The Labute approximate surface area is 113 Å². The number of aromatic nitrogens is 1. The van der Waals surface area contributed by atoms with Crippen molar-refractivity contribution in [3.63, 3.8) is 0 Å². The van der Waals surface area contributed by atoms with Crippen LogP contribution in [0.2, 0.25) is 0 Å². The quantitative estimate of drug-likeness (QED) is 0.914. The van der Waals surface area contributed by atoms with Gasteiger partial charge in [0.1, 0.15) is 0 Å². The van der Waals surface area contributed by atoms with Gasteiger partial charge >= 0.3 is 0 Å². The highest BCUT2D eigenvalue weighted by atomic mass is 32.2. The monoisotopic (exact) mass is 258 g/mol. The number of hydrogen-bond acceptors (Lipinski definition) is 3. The van der Waals surface area contributed by atoms with Crippen LogP contribution in [0, 0.1) is 20.8 Å². The predicted molar refractivity (Wildman–Crippen MR) is 76.9 cm³/mol. The van der Waals surface area contributed by atoms with Crippen LogP contribution in [0.1, 0.15) is 22.5 Å². The molecule has 2 nitrogen and oxygen atoms in total. The molecule has 0 saturated heterocycles. The summed E-state index contributed by atoms with van der Waals surface area (Å²) in [6, 6.07) is 10.7. The predicted octanol–water partition coefficient (Wildman–Crippen LogP) is 3.62. The third-order valence-electron chi connectivity index (χ3n) is 2.87. The highest BCUT2D eigenvalue weighted by Crippen LogP contribution is 2.32. The minimum Gasteiger partial charge on any atom is -0.326 e. The van der Waals surface area contributed by atoms with Crippen molar-refractivity contribution in [1.82, 2.24) is 4.98 Å². The van der Waals surface area contributed by atoms with Crippen molar-refractivity contribution in [1.29, 1.82) is 0 Å². The average Bonchev–Trinajstić information content (AvgIpc) is 2.32. The standard InChI is InChI=1S/C15H18N2S/c1-10-4-6-13(7-5-10)18-15-8-11(2)17-12(3)14(15)9-16/h4-8H,9,16H2,1-3H3. The van der Waals surface area contributed by atoms with E-state index in [0.29, 0.717) is 6.54 Å². The summed E-state index contributed by atoms with van der Waals surface area (Å²) in [5.41, 5.74) is 10.3. The molecule has 0 radical (unpaired) electrons. The SMILES string of the molecule is Cc1ccc(Sc2cc(C)nc(C)c2CN)cc1. The summed E-state index contributed by atoms with van der Waals surface area (Å²) in [4.78, 5) is 6.92. The molecule has 0 saturated carbocycles. The molecule has 2 aromatic rings. The largest absolute Gasteiger partial charge is 0.326 e. The molecular formula is C15H18N2S. The van der Waals surface area contributed by atoms with Crippen molar-refractivity contribution in [2.75, 3.05) is 0 Å². The van der Waals surface area contributed by atoms with Crippen molar-refractivity contribution >= 4 is 11.8 Å². The van der Waals surface area contributed by atoms with Crippen LogP contribution >= 0.6 is 11.8 Å². The van der Waals surface area contributed by atoms with E-state index in [2.05, 4.69) is 42.2 Å². The Kier molecular flexibility index (Phi) is 4.04. The van der Waals surface area contributed by atoms with Crippen LogP contribution in [0.5, 0.6) is 0 Å². The second kappa shape index (κ2) is 5.55. The molecule has 2 N–H and O–H groups in total. The summed E-state index contributed by atoms with van der Waals surface area (Å²) >= 11 is 1.76. The Hall–Kier alpha value is -1.32. The molecule has 1 heterocycles. The first-order valence-electron chi connectivity index (χ1n) is 6.02. The Bertz CT molecular complexity index is 547. The molecule has 0 amide bonds. The van der Waals surface area contributed by atoms with Gasteiger partial charge in [0.2, 0.25) is 0 Å². The summed E-state index contributed by atoms with van der Waals surface area (Å²) in [6.45, 7) is 6.68. The zero-order valence-electron chi connectivity index (χ0n) is 11.0. The molecule has 0 atom stereocenters. The van der Waals surface area contributed by atoms with Gasteiger partial charge in [0.25, 0.3) is 0 Å². The lowest BCUT2D eigenvalue weighted by Crippen LogP contribution is -2.04. The fraction of sp³-hybridized carbons (Fsp3) is 0.267.